The summed E-state index contributed by atoms with van der Waals surface area (Å²) in [6.07, 6.45) is 1.46. The van der Waals surface area contributed by atoms with Crippen LogP contribution in [0.5, 0.6) is 17.2 Å². The normalized spacial score (nSPS) is 14.7. The summed E-state index contributed by atoms with van der Waals surface area (Å²) in [5.41, 5.74) is 1.83. The number of nitrogens with zero attached hydrogens (tertiary/aromatic N) is 7. The Morgan fingerprint density at radius 3 is 2.33 bits per heavy atom. The molecule has 5 rings (SSSR count). The van der Waals surface area contributed by atoms with E-state index in [9.17, 15) is 8.42 Å². The highest BCUT2D eigenvalue weighted by Crippen LogP contribution is 2.32. The van der Waals surface area contributed by atoms with Gasteiger partial charge in [-0.05, 0) is 24.3 Å². The lowest BCUT2D eigenvalue weighted by Gasteiger charge is -2.34. The average molecular weight is 512 g/mol. The van der Waals surface area contributed by atoms with Crippen LogP contribution in [0.3, 0.4) is 0 Å². The van der Waals surface area contributed by atoms with Crippen LogP contribution >= 0.6 is 0 Å². The first-order chi connectivity index (χ1) is 17.5. The number of hydrogen-bond donors (Lipinski definition) is 0. The molecule has 0 aliphatic carbocycles. The molecule has 2 aromatic carbocycles. The van der Waals surface area contributed by atoms with Crippen LogP contribution in [0.1, 0.15) is 0 Å². The minimum Gasteiger partial charge on any atom is -0.497 e. The summed E-state index contributed by atoms with van der Waals surface area (Å²) >= 11 is 0. The highest BCUT2D eigenvalue weighted by atomic mass is 32.2. The van der Waals surface area contributed by atoms with E-state index in [0.717, 1.165) is 5.69 Å². The second-order valence-corrected chi connectivity index (χ2v) is 9.89. The van der Waals surface area contributed by atoms with Crippen LogP contribution in [0.4, 0.5) is 5.82 Å². The van der Waals surface area contributed by atoms with E-state index in [1.54, 1.807) is 23.9 Å². The Hall–Kier alpha value is -3.97. The molecule has 3 heterocycles. The van der Waals surface area contributed by atoms with E-state index >= 15 is 0 Å². The van der Waals surface area contributed by atoms with E-state index in [2.05, 4.69) is 20.3 Å². The van der Waals surface area contributed by atoms with Gasteiger partial charge in [-0.15, -0.1) is 5.10 Å². The molecule has 188 valence electrons. The Labute approximate surface area is 208 Å². The Kier molecular flexibility index (Phi) is 6.33. The van der Waals surface area contributed by atoms with Crippen LogP contribution in [0.15, 0.2) is 53.7 Å². The van der Waals surface area contributed by atoms with Crippen molar-refractivity contribution in [2.75, 3.05) is 52.4 Å². The van der Waals surface area contributed by atoms with Gasteiger partial charge in [-0.2, -0.15) is 8.99 Å². The Balaban J connectivity index is 1.40. The van der Waals surface area contributed by atoms with Gasteiger partial charge in [0.1, 0.15) is 28.5 Å². The maximum absolute atomic E-state index is 13.4. The van der Waals surface area contributed by atoms with Gasteiger partial charge in [-0.25, -0.2) is 18.4 Å². The van der Waals surface area contributed by atoms with Crippen LogP contribution in [-0.2, 0) is 10.0 Å². The highest BCUT2D eigenvalue weighted by molar-refractivity contribution is 7.89. The molecule has 12 nitrogen and oxygen atoms in total. The smallest absolute Gasteiger partial charge is 0.247 e. The summed E-state index contributed by atoms with van der Waals surface area (Å²) in [6, 6.07) is 12.2. The zero-order valence-electron chi connectivity index (χ0n) is 20.0. The fraction of sp³-hybridized carbons (Fsp3) is 0.304. The second-order valence-electron chi connectivity index (χ2n) is 7.98. The maximum Gasteiger partial charge on any atom is 0.247 e. The quantitative estimate of drug-likeness (QED) is 0.362. The van der Waals surface area contributed by atoms with Crippen LogP contribution in [0.25, 0.3) is 16.9 Å². The van der Waals surface area contributed by atoms with Gasteiger partial charge < -0.3 is 19.1 Å². The molecular weight excluding hydrogens is 486 g/mol. The van der Waals surface area contributed by atoms with Gasteiger partial charge in [-0.3, -0.25) is 0 Å². The summed E-state index contributed by atoms with van der Waals surface area (Å²) in [4.78, 5) is 10.9. The van der Waals surface area contributed by atoms with E-state index in [-0.39, 0.29) is 23.7 Å². The molecule has 1 fully saturated rings. The second kappa shape index (κ2) is 9.59. The van der Waals surface area contributed by atoms with Gasteiger partial charge >= 0.3 is 0 Å². The lowest BCUT2D eigenvalue weighted by Crippen LogP contribution is -2.49. The molecule has 0 atom stereocenters. The predicted octanol–water partition coefficient (Wildman–Crippen LogP) is 1.75. The summed E-state index contributed by atoms with van der Waals surface area (Å²) in [7, 11) is 0.733. The molecule has 0 bridgehead atoms. The van der Waals surface area contributed by atoms with Crippen molar-refractivity contribution in [3.05, 3.63) is 48.8 Å². The number of benzene rings is 2. The minimum atomic E-state index is -3.80. The van der Waals surface area contributed by atoms with Crippen LogP contribution in [0.2, 0.25) is 0 Å². The molecule has 36 heavy (non-hydrogen) atoms. The Bertz CT molecular complexity index is 1500. The van der Waals surface area contributed by atoms with Crippen molar-refractivity contribution in [2.24, 2.45) is 0 Å². The summed E-state index contributed by atoms with van der Waals surface area (Å²) in [5.74, 6) is 2.00. The van der Waals surface area contributed by atoms with Gasteiger partial charge in [0.15, 0.2) is 17.0 Å². The SMILES string of the molecule is COc1cccc(-n2nnc3c(N4CCN(S(=O)(=O)c5cc(OC)ccc5OC)CC4)ncnc32)c1. The molecule has 0 amide bonds. The van der Waals surface area contributed by atoms with Gasteiger partial charge in [0.25, 0.3) is 0 Å². The predicted molar refractivity (Wildman–Crippen MR) is 132 cm³/mol. The fourth-order valence-electron chi connectivity index (χ4n) is 4.15. The standard InChI is InChI=1S/C23H25N7O5S/c1-33-17-6-4-5-16(13-17)30-23-21(26-27-30)22(24-15-25-23)28-9-11-29(12-10-28)36(31,32)20-14-18(34-2)7-8-19(20)35-3/h4-8,13-15H,9-12H2,1-3H3. The van der Waals surface area contributed by atoms with Crippen molar-refractivity contribution in [2.45, 2.75) is 4.90 Å². The largest absolute Gasteiger partial charge is 0.497 e. The molecule has 4 aromatic rings. The molecule has 0 saturated carbocycles. The maximum atomic E-state index is 13.4. The number of anilines is 1. The molecule has 13 heteroatoms. The third kappa shape index (κ3) is 4.16. The van der Waals surface area contributed by atoms with E-state index in [1.807, 2.05) is 29.2 Å². The van der Waals surface area contributed by atoms with E-state index < -0.39 is 10.0 Å². The molecule has 0 radical (unpaired) electrons. The molecule has 0 N–H and O–H groups in total. The number of hydrogen-bond acceptors (Lipinski definition) is 10. The number of methoxy groups -OCH3 is 3. The number of rotatable bonds is 7. The monoisotopic (exact) mass is 511 g/mol. The van der Waals surface area contributed by atoms with E-state index in [4.69, 9.17) is 14.2 Å². The average Bonchev–Trinajstić information content (AvgIpc) is 3.37. The third-order valence-electron chi connectivity index (χ3n) is 6.04. The Morgan fingerprint density at radius 1 is 0.861 bits per heavy atom. The lowest BCUT2D eigenvalue weighted by molar-refractivity contribution is 0.370. The molecule has 0 unspecified atom stereocenters. The first-order valence-electron chi connectivity index (χ1n) is 11.1. The topological polar surface area (TPSA) is 125 Å². The Morgan fingerprint density at radius 2 is 1.61 bits per heavy atom. The molecular formula is C23H25N7O5S. The number of aromatic nitrogens is 5. The molecule has 1 aliphatic rings. The van der Waals surface area contributed by atoms with Crippen molar-refractivity contribution >= 4 is 27.0 Å². The first kappa shape index (κ1) is 23.8. The zero-order chi connectivity index (χ0) is 25.3. The van der Waals surface area contributed by atoms with Crippen molar-refractivity contribution in [3.8, 4) is 22.9 Å². The van der Waals surface area contributed by atoms with E-state index in [0.29, 0.717) is 41.6 Å². The van der Waals surface area contributed by atoms with Gasteiger partial charge in [-0.1, -0.05) is 11.3 Å². The van der Waals surface area contributed by atoms with Crippen molar-refractivity contribution in [3.63, 3.8) is 0 Å². The van der Waals surface area contributed by atoms with Crippen molar-refractivity contribution in [1.82, 2.24) is 29.3 Å². The van der Waals surface area contributed by atoms with Crippen molar-refractivity contribution in [1.29, 1.82) is 0 Å². The van der Waals surface area contributed by atoms with E-state index in [1.165, 1.54) is 30.9 Å². The van der Waals surface area contributed by atoms with Crippen molar-refractivity contribution < 1.29 is 22.6 Å². The number of fused-ring (bicyclic) bond motifs is 1. The molecule has 1 aliphatic heterocycles. The molecule has 0 spiro atoms. The fourth-order valence-corrected chi connectivity index (χ4v) is 5.74. The van der Waals surface area contributed by atoms with Gasteiger partial charge in [0.2, 0.25) is 10.0 Å². The number of piperazine rings is 1. The summed E-state index contributed by atoms with van der Waals surface area (Å²) in [6.45, 7) is 1.36. The third-order valence-corrected chi connectivity index (χ3v) is 7.96. The zero-order valence-corrected chi connectivity index (χ0v) is 20.8. The first-order valence-corrected chi connectivity index (χ1v) is 12.6. The van der Waals surface area contributed by atoms with Gasteiger partial charge in [0, 0.05) is 38.3 Å². The summed E-state index contributed by atoms with van der Waals surface area (Å²) in [5, 5.41) is 8.60. The van der Waals surface area contributed by atoms with Crippen LogP contribution in [0, 0.1) is 0 Å². The van der Waals surface area contributed by atoms with Crippen LogP contribution < -0.4 is 19.1 Å². The van der Waals surface area contributed by atoms with Gasteiger partial charge in [0.05, 0.1) is 27.0 Å². The molecule has 1 saturated heterocycles. The minimum absolute atomic E-state index is 0.0726. The summed E-state index contributed by atoms with van der Waals surface area (Å²) < 4.78 is 45.7. The number of ether oxygens (including phenoxy) is 3. The number of sulfonamides is 1. The lowest BCUT2D eigenvalue weighted by atomic mass is 10.3. The highest BCUT2D eigenvalue weighted by Gasteiger charge is 2.32. The molecule has 2 aromatic heterocycles. The van der Waals surface area contributed by atoms with Crippen LogP contribution in [-0.4, -0.2) is 85.2 Å².